The topological polar surface area (TPSA) is 64.6 Å². The predicted molar refractivity (Wildman–Crippen MR) is 154 cm³/mol. The van der Waals surface area contributed by atoms with E-state index < -0.39 is 0 Å². The van der Waals surface area contributed by atoms with Gasteiger partial charge in [-0.2, -0.15) is 9.36 Å². The first-order valence-corrected chi connectivity index (χ1v) is 13.5. The predicted octanol–water partition coefficient (Wildman–Crippen LogP) is 6.81. The SMILES string of the molecule is COc1cccc(Cc2nsc(Oc3cccc(C(=O)N(CCc4ccccc4)Cc4ccccc4)c3)n2)c1. The molecular weight excluding hydrogens is 506 g/mol. The normalized spacial score (nSPS) is 10.7. The molecule has 0 aliphatic carbocycles. The Kier molecular flexibility index (Phi) is 8.61. The molecule has 0 spiro atoms. The largest absolute Gasteiger partial charge is 0.497 e. The Labute approximate surface area is 232 Å². The highest BCUT2D eigenvalue weighted by Crippen LogP contribution is 2.26. The molecule has 0 saturated heterocycles. The van der Waals surface area contributed by atoms with E-state index in [0.717, 1.165) is 23.3 Å². The van der Waals surface area contributed by atoms with Crippen LogP contribution in [-0.2, 0) is 19.4 Å². The van der Waals surface area contributed by atoms with Crippen LogP contribution in [0.1, 0.15) is 32.9 Å². The number of rotatable bonds is 11. The van der Waals surface area contributed by atoms with Gasteiger partial charge in [0, 0.05) is 36.6 Å². The fraction of sp³-hybridized carbons (Fsp3) is 0.156. The van der Waals surface area contributed by atoms with E-state index >= 15 is 0 Å². The zero-order valence-corrected chi connectivity index (χ0v) is 22.5. The highest BCUT2D eigenvalue weighted by molar-refractivity contribution is 7.07. The molecule has 5 rings (SSSR count). The molecule has 0 saturated carbocycles. The summed E-state index contributed by atoms with van der Waals surface area (Å²) in [6, 6.07) is 35.4. The monoisotopic (exact) mass is 535 g/mol. The number of hydrogen-bond donors (Lipinski definition) is 0. The van der Waals surface area contributed by atoms with Gasteiger partial charge in [0.15, 0.2) is 5.82 Å². The van der Waals surface area contributed by atoms with Gasteiger partial charge in [-0.1, -0.05) is 78.9 Å². The van der Waals surface area contributed by atoms with E-state index in [1.807, 2.05) is 95.9 Å². The molecule has 0 bridgehead atoms. The summed E-state index contributed by atoms with van der Waals surface area (Å²) < 4.78 is 15.7. The van der Waals surface area contributed by atoms with Crippen LogP contribution in [0, 0.1) is 0 Å². The second kappa shape index (κ2) is 12.8. The summed E-state index contributed by atoms with van der Waals surface area (Å²) in [4.78, 5) is 20.1. The van der Waals surface area contributed by atoms with E-state index in [1.54, 1.807) is 13.2 Å². The molecule has 0 radical (unpaired) electrons. The van der Waals surface area contributed by atoms with Crippen molar-refractivity contribution in [3.63, 3.8) is 0 Å². The summed E-state index contributed by atoms with van der Waals surface area (Å²) >= 11 is 1.19. The Morgan fingerprint density at radius 1 is 0.795 bits per heavy atom. The number of amides is 1. The lowest BCUT2D eigenvalue weighted by Gasteiger charge is -2.23. The summed E-state index contributed by atoms with van der Waals surface area (Å²) in [5.74, 6) is 1.97. The van der Waals surface area contributed by atoms with E-state index in [0.29, 0.717) is 41.8 Å². The number of benzene rings is 4. The van der Waals surface area contributed by atoms with Gasteiger partial charge in [-0.25, -0.2) is 0 Å². The van der Waals surface area contributed by atoms with Crippen LogP contribution in [0.4, 0.5) is 0 Å². The van der Waals surface area contributed by atoms with Crippen LogP contribution in [0.2, 0.25) is 0 Å². The molecule has 0 atom stereocenters. The maximum Gasteiger partial charge on any atom is 0.298 e. The average Bonchev–Trinajstić information content (AvgIpc) is 3.42. The first-order chi connectivity index (χ1) is 19.2. The average molecular weight is 536 g/mol. The molecule has 1 aromatic heterocycles. The number of aromatic nitrogens is 2. The third kappa shape index (κ3) is 7.30. The third-order valence-electron chi connectivity index (χ3n) is 6.25. The van der Waals surface area contributed by atoms with Crippen LogP contribution >= 0.6 is 11.5 Å². The molecule has 39 heavy (non-hydrogen) atoms. The van der Waals surface area contributed by atoms with Gasteiger partial charge in [0.1, 0.15) is 11.5 Å². The van der Waals surface area contributed by atoms with Gasteiger partial charge >= 0.3 is 0 Å². The minimum absolute atomic E-state index is 0.0452. The minimum atomic E-state index is -0.0452. The highest BCUT2D eigenvalue weighted by atomic mass is 32.1. The molecule has 0 aliphatic heterocycles. The van der Waals surface area contributed by atoms with Crippen LogP contribution in [0.15, 0.2) is 109 Å². The third-order valence-corrected chi connectivity index (χ3v) is 6.88. The number of nitrogens with zero attached hydrogens (tertiary/aromatic N) is 3. The number of carbonyl (C=O) groups excluding carboxylic acids is 1. The summed E-state index contributed by atoms with van der Waals surface area (Å²) in [5, 5.41) is 0.433. The van der Waals surface area contributed by atoms with Gasteiger partial charge in [-0.05, 0) is 53.4 Å². The molecule has 196 valence electrons. The number of hydrogen-bond acceptors (Lipinski definition) is 6. The van der Waals surface area contributed by atoms with E-state index in [-0.39, 0.29) is 5.91 Å². The lowest BCUT2D eigenvalue weighted by Crippen LogP contribution is -2.32. The quantitative estimate of drug-likeness (QED) is 0.186. The Bertz CT molecular complexity index is 1510. The molecule has 7 heteroatoms. The number of ether oxygens (including phenoxy) is 2. The zero-order valence-electron chi connectivity index (χ0n) is 21.7. The van der Waals surface area contributed by atoms with Crippen molar-refractivity contribution in [3.8, 4) is 16.7 Å². The smallest absolute Gasteiger partial charge is 0.298 e. The summed E-state index contributed by atoms with van der Waals surface area (Å²) in [6.07, 6.45) is 1.35. The lowest BCUT2D eigenvalue weighted by atomic mass is 10.1. The van der Waals surface area contributed by atoms with Crippen molar-refractivity contribution in [2.45, 2.75) is 19.4 Å². The molecule has 0 aliphatic rings. The molecule has 6 nitrogen and oxygen atoms in total. The van der Waals surface area contributed by atoms with Crippen molar-refractivity contribution < 1.29 is 14.3 Å². The van der Waals surface area contributed by atoms with Crippen LogP contribution < -0.4 is 9.47 Å². The highest BCUT2D eigenvalue weighted by Gasteiger charge is 2.18. The molecule has 4 aromatic carbocycles. The molecule has 1 heterocycles. The van der Waals surface area contributed by atoms with Crippen LogP contribution in [-0.4, -0.2) is 33.8 Å². The van der Waals surface area contributed by atoms with E-state index in [2.05, 4.69) is 21.5 Å². The van der Waals surface area contributed by atoms with Crippen LogP contribution in [0.5, 0.6) is 16.7 Å². The zero-order chi connectivity index (χ0) is 26.9. The van der Waals surface area contributed by atoms with Crippen LogP contribution in [0.3, 0.4) is 0 Å². The molecule has 0 fully saturated rings. The van der Waals surface area contributed by atoms with E-state index in [4.69, 9.17) is 9.47 Å². The second-order valence-electron chi connectivity index (χ2n) is 9.08. The van der Waals surface area contributed by atoms with Crippen molar-refractivity contribution in [2.75, 3.05) is 13.7 Å². The second-order valence-corrected chi connectivity index (χ2v) is 9.80. The molecule has 1 amide bonds. The first-order valence-electron chi connectivity index (χ1n) is 12.8. The number of carbonyl (C=O) groups is 1. The van der Waals surface area contributed by atoms with Crippen molar-refractivity contribution in [2.24, 2.45) is 0 Å². The van der Waals surface area contributed by atoms with Crippen molar-refractivity contribution in [1.29, 1.82) is 0 Å². The molecule has 0 unspecified atom stereocenters. The Morgan fingerprint density at radius 3 is 2.26 bits per heavy atom. The van der Waals surface area contributed by atoms with Gasteiger partial charge in [-0.15, -0.1) is 0 Å². The van der Waals surface area contributed by atoms with Crippen molar-refractivity contribution in [3.05, 3.63) is 137 Å². The van der Waals surface area contributed by atoms with E-state index in [1.165, 1.54) is 17.1 Å². The van der Waals surface area contributed by atoms with Crippen molar-refractivity contribution in [1.82, 2.24) is 14.3 Å². The summed E-state index contributed by atoms with van der Waals surface area (Å²) in [5.41, 5.74) is 3.91. The Hall–Kier alpha value is -4.49. The molecule has 0 N–H and O–H groups in total. The van der Waals surface area contributed by atoms with Gasteiger partial charge in [0.2, 0.25) is 0 Å². The molecule has 5 aromatic rings. The fourth-order valence-corrected chi connectivity index (χ4v) is 4.83. The van der Waals surface area contributed by atoms with Crippen LogP contribution in [0.25, 0.3) is 0 Å². The first kappa shape index (κ1) is 26.1. The van der Waals surface area contributed by atoms with Gasteiger partial charge < -0.3 is 14.4 Å². The molecular formula is C32H29N3O3S. The Morgan fingerprint density at radius 2 is 1.49 bits per heavy atom. The van der Waals surface area contributed by atoms with Gasteiger partial charge in [0.05, 0.1) is 7.11 Å². The standard InChI is InChI=1S/C32H29N3O3S/c1-37-28-16-8-14-26(20-28)21-30-33-32(39-34-30)38-29-17-9-15-27(22-29)31(36)35(23-25-12-6-3-7-13-25)19-18-24-10-4-2-5-11-24/h2-17,20,22H,18-19,21,23H2,1H3. The minimum Gasteiger partial charge on any atom is -0.497 e. The maximum atomic E-state index is 13.7. The van der Waals surface area contributed by atoms with Gasteiger partial charge in [-0.3, -0.25) is 4.79 Å². The lowest BCUT2D eigenvalue weighted by molar-refractivity contribution is 0.0744. The summed E-state index contributed by atoms with van der Waals surface area (Å²) in [7, 11) is 1.65. The maximum absolute atomic E-state index is 13.7. The Balaban J connectivity index is 1.28. The van der Waals surface area contributed by atoms with Crippen molar-refractivity contribution >= 4 is 17.4 Å². The van der Waals surface area contributed by atoms with E-state index in [9.17, 15) is 4.79 Å². The summed E-state index contributed by atoms with van der Waals surface area (Å²) in [6.45, 7) is 1.13. The number of methoxy groups -OCH3 is 1. The fourth-order valence-electron chi connectivity index (χ4n) is 4.26. The van der Waals surface area contributed by atoms with Gasteiger partial charge in [0.25, 0.3) is 11.1 Å².